The summed E-state index contributed by atoms with van der Waals surface area (Å²) in [6, 6.07) is 0. The number of rotatable bonds is 8. The second-order valence-electron chi connectivity index (χ2n) is 3.74. The minimum Gasteiger partial charge on any atom is -0.465 e. The summed E-state index contributed by atoms with van der Waals surface area (Å²) in [5.74, 6) is -0.120. The van der Waals surface area contributed by atoms with Gasteiger partial charge in [-0.05, 0) is 13.3 Å². The van der Waals surface area contributed by atoms with Gasteiger partial charge in [-0.15, -0.1) is 6.58 Å². The molecule has 0 bridgehead atoms. The summed E-state index contributed by atoms with van der Waals surface area (Å²) in [6.07, 6.45) is 5.11. The van der Waals surface area contributed by atoms with Gasteiger partial charge >= 0.3 is 6.09 Å². The number of carbonyl (C=O) groups is 2. The molecule has 0 rings (SSSR count). The highest BCUT2D eigenvalue weighted by molar-refractivity contribution is 5.97. The molecule has 0 fully saturated rings. The average molecular weight is 239 g/mol. The van der Waals surface area contributed by atoms with Crippen molar-refractivity contribution in [2.45, 2.75) is 39.5 Å². The summed E-state index contributed by atoms with van der Waals surface area (Å²) in [4.78, 5) is 23.9. The molecule has 0 saturated heterocycles. The first-order valence-electron chi connectivity index (χ1n) is 5.89. The summed E-state index contributed by atoms with van der Waals surface area (Å²) >= 11 is 0. The average Bonchev–Trinajstić information content (AvgIpc) is 2.29. The van der Waals surface area contributed by atoms with Crippen LogP contribution in [0.2, 0.25) is 0 Å². The zero-order valence-electron chi connectivity index (χ0n) is 10.6. The maximum absolute atomic E-state index is 11.9. The number of hydrogen-bond donors (Lipinski definition) is 1. The van der Waals surface area contributed by atoms with Crippen LogP contribution >= 0.6 is 0 Å². The molecule has 0 radical (unpaired) electrons. The smallest absolute Gasteiger partial charge is 0.412 e. The SMILES string of the molecule is C=CCN(C(=O)O)/C(=C\C)C(=O)CCCCC. The summed E-state index contributed by atoms with van der Waals surface area (Å²) in [5, 5.41) is 9.01. The van der Waals surface area contributed by atoms with Crippen LogP contribution in [-0.4, -0.2) is 28.4 Å². The van der Waals surface area contributed by atoms with Crippen molar-refractivity contribution >= 4 is 11.9 Å². The number of amides is 1. The number of carboxylic acid groups (broad SMARTS) is 1. The Morgan fingerprint density at radius 1 is 1.35 bits per heavy atom. The first-order chi connectivity index (χ1) is 8.08. The van der Waals surface area contributed by atoms with Crippen LogP contribution < -0.4 is 0 Å². The molecule has 0 aromatic rings. The molecule has 4 nitrogen and oxygen atoms in total. The van der Waals surface area contributed by atoms with Gasteiger partial charge < -0.3 is 5.11 Å². The monoisotopic (exact) mass is 239 g/mol. The van der Waals surface area contributed by atoms with E-state index in [0.29, 0.717) is 6.42 Å². The lowest BCUT2D eigenvalue weighted by atomic mass is 10.1. The molecule has 0 aliphatic rings. The fraction of sp³-hybridized carbons (Fsp3) is 0.538. The molecule has 0 saturated carbocycles. The molecular formula is C13H21NO3. The van der Waals surface area contributed by atoms with Crippen molar-refractivity contribution < 1.29 is 14.7 Å². The number of unbranched alkanes of at least 4 members (excludes halogenated alkanes) is 2. The Bertz CT molecular complexity index is 308. The van der Waals surface area contributed by atoms with Crippen molar-refractivity contribution in [1.29, 1.82) is 0 Å². The molecule has 0 aromatic heterocycles. The van der Waals surface area contributed by atoms with Crippen LogP contribution in [0.1, 0.15) is 39.5 Å². The predicted molar refractivity (Wildman–Crippen MR) is 67.8 cm³/mol. The molecule has 0 aliphatic carbocycles. The lowest BCUT2D eigenvalue weighted by Crippen LogP contribution is -2.32. The Kier molecular flexibility index (Phi) is 7.76. The Balaban J connectivity index is 4.62. The second-order valence-corrected chi connectivity index (χ2v) is 3.74. The third kappa shape index (κ3) is 5.33. The van der Waals surface area contributed by atoms with Gasteiger partial charge in [0.15, 0.2) is 5.78 Å². The topological polar surface area (TPSA) is 57.6 Å². The third-order valence-electron chi connectivity index (χ3n) is 2.40. The van der Waals surface area contributed by atoms with E-state index in [2.05, 4.69) is 13.5 Å². The van der Waals surface area contributed by atoms with Crippen molar-refractivity contribution in [1.82, 2.24) is 4.90 Å². The Hall–Kier alpha value is -1.58. The number of Topliss-reactive ketones (excluding diaryl/α,β-unsaturated/α-hetero) is 1. The Morgan fingerprint density at radius 3 is 2.41 bits per heavy atom. The zero-order chi connectivity index (χ0) is 13.3. The van der Waals surface area contributed by atoms with Gasteiger partial charge in [-0.3, -0.25) is 9.69 Å². The van der Waals surface area contributed by atoms with E-state index in [-0.39, 0.29) is 18.0 Å². The van der Waals surface area contributed by atoms with E-state index >= 15 is 0 Å². The van der Waals surface area contributed by atoms with E-state index < -0.39 is 6.09 Å². The molecule has 0 unspecified atom stereocenters. The Morgan fingerprint density at radius 2 is 2.00 bits per heavy atom. The highest BCUT2D eigenvalue weighted by Gasteiger charge is 2.20. The highest BCUT2D eigenvalue weighted by Crippen LogP contribution is 2.11. The van der Waals surface area contributed by atoms with Gasteiger partial charge in [0.1, 0.15) is 0 Å². The molecule has 0 aromatic carbocycles. The highest BCUT2D eigenvalue weighted by atomic mass is 16.4. The molecule has 0 aliphatic heterocycles. The van der Waals surface area contributed by atoms with E-state index in [1.807, 2.05) is 0 Å². The van der Waals surface area contributed by atoms with Crippen LogP contribution in [0.25, 0.3) is 0 Å². The zero-order valence-corrected chi connectivity index (χ0v) is 10.6. The van der Waals surface area contributed by atoms with Crippen LogP contribution in [-0.2, 0) is 4.79 Å². The molecule has 0 heterocycles. The fourth-order valence-electron chi connectivity index (χ4n) is 1.54. The molecule has 1 N–H and O–H groups in total. The van der Waals surface area contributed by atoms with Crippen molar-refractivity contribution in [2.24, 2.45) is 0 Å². The van der Waals surface area contributed by atoms with E-state index in [9.17, 15) is 9.59 Å². The largest absolute Gasteiger partial charge is 0.465 e. The molecule has 0 spiro atoms. The van der Waals surface area contributed by atoms with E-state index in [0.717, 1.165) is 24.2 Å². The minimum absolute atomic E-state index is 0.120. The molecule has 17 heavy (non-hydrogen) atoms. The Labute approximate surface area is 103 Å². The van der Waals surface area contributed by atoms with Gasteiger partial charge in [-0.1, -0.05) is 31.9 Å². The van der Waals surface area contributed by atoms with Crippen molar-refractivity contribution in [3.63, 3.8) is 0 Å². The number of nitrogens with zero attached hydrogens (tertiary/aromatic N) is 1. The summed E-state index contributed by atoms with van der Waals surface area (Å²) in [5.41, 5.74) is 0.244. The normalized spacial score (nSPS) is 11.1. The molecule has 0 atom stereocenters. The van der Waals surface area contributed by atoms with Crippen LogP contribution in [0.4, 0.5) is 4.79 Å². The van der Waals surface area contributed by atoms with Crippen LogP contribution in [0.15, 0.2) is 24.4 Å². The summed E-state index contributed by atoms with van der Waals surface area (Å²) in [7, 11) is 0. The minimum atomic E-state index is -1.12. The van der Waals surface area contributed by atoms with Gasteiger partial charge in [0.2, 0.25) is 0 Å². The van der Waals surface area contributed by atoms with Gasteiger partial charge in [-0.2, -0.15) is 0 Å². The first-order valence-corrected chi connectivity index (χ1v) is 5.89. The van der Waals surface area contributed by atoms with Crippen LogP contribution in [0.3, 0.4) is 0 Å². The van der Waals surface area contributed by atoms with Gasteiger partial charge in [0, 0.05) is 13.0 Å². The van der Waals surface area contributed by atoms with Gasteiger partial charge in [0.05, 0.1) is 5.70 Å². The second kappa shape index (κ2) is 8.56. The quantitative estimate of drug-likeness (QED) is 0.402. The number of carbonyl (C=O) groups excluding carboxylic acids is 1. The summed E-state index contributed by atoms with van der Waals surface area (Å²) in [6.45, 7) is 7.35. The number of hydrogen-bond acceptors (Lipinski definition) is 2. The first kappa shape index (κ1) is 15.4. The van der Waals surface area contributed by atoms with Crippen molar-refractivity contribution in [3.8, 4) is 0 Å². The lowest BCUT2D eigenvalue weighted by molar-refractivity contribution is -0.117. The molecule has 1 amide bonds. The number of allylic oxidation sites excluding steroid dienone is 2. The molecule has 4 heteroatoms. The van der Waals surface area contributed by atoms with Crippen LogP contribution in [0, 0.1) is 0 Å². The van der Waals surface area contributed by atoms with E-state index in [1.165, 1.54) is 6.08 Å². The third-order valence-corrected chi connectivity index (χ3v) is 2.40. The van der Waals surface area contributed by atoms with Crippen LogP contribution in [0.5, 0.6) is 0 Å². The van der Waals surface area contributed by atoms with Gasteiger partial charge in [-0.25, -0.2) is 4.79 Å². The standard InChI is InChI=1S/C13H21NO3/c1-4-7-8-9-12(15)11(6-3)14(10-5-2)13(16)17/h5-6H,2,4,7-10H2,1,3H3,(H,16,17)/b11-6-. The van der Waals surface area contributed by atoms with E-state index in [4.69, 9.17) is 5.11 Å². The summed E-state index contributed by atoms with van der Waals surface area (Å²) < 4.78 is 0. The molecule has 96 valence electrons. The lowest BCUT2D eigenvalue weighted by Gasteiger charge is -2.19. The predicted octanol–water partition coefficient (Wildman–Crippen LogP) is 3.21. The van der Waals surface area contributed by atoms with Crippen molar-refractivity contribution in [2.75, 3.05) is 6.54 Å². The molecular weight excluding hydrogens is 218 g/mol. The fourth-order valence-corrected chi connectivity index (χ4v) is 1.54. The van der Waals surface area contributed by atoms with Crippen molar-refractivity contribution in [3.05, 3.63) is 24.4 Å². The van der Waals surface area contributed by atoms with Gasteiger partial charge in [0.25, 0.3) is 0 Å². The number of ketones is 1. The maximum Gasteiger partial charge on any atom is 0.412 e. The maximum atomic E-state index is 11.9. The van der Waals surface area contributed by atoms with E-state index in [1.54, 1.807) is 13.0 Å².